The zero-order valence-corrected chi connectivity index (χ0v) is 41.2. The molecule has 0 amide bonds. The molecule has 10 aromatic rings. The number of ether oxygens (including phenoxy) is 3. The molecule has 0 saturated carbocycles. The zero-order chi connectivity index (χ0) is 49.0. The lowest BCUT2D eigenvalue weighted by Crippen LogP contribution is -2.46. The van der Waals surface area contributed by atoms with Gasteiger partial charge >= 0.3 is 0 Å². The Bertz CT molecular complexity index is 3460. The van der Waals surface area contributed by atoms with E-state index < -0.39 is 6.10 Å². The summed E-state index contributed by atoms with van der Waals surface area (Å²) >= 11 is 3.16. The van der Waals surface area contributed by atoms with Crippen LogP contribution in [-0.2, 0) is 13.1 Å². The van der Waals surface area contributed by atoms with E-state index in [1.54, 1.807) is 24.8 Å². The molecule has 0 spiro atoms. The molecule has 12 rings (SSSR count). The number of aliphatic hydroxyl groups excluding tert-OH is 1. The number of aliphatic hydroxyl groups is 1. The van der Waals surface area contributed by atoms with Gasteiger partial charge < -0.3 is 44.8 Å². The molecule has 5 N–H and O–H groups in total. The van der Waals surface area contributed by atoms with Crippen LogP contribution in [-0.4, -0.2) is 102 Å². The molecule has 16 nitrogen and oxygen atoms in total. The van der Waals surface area contributed by atoms with E-state index in [9.17, 15) is 5.11 Å². The summed E-state index contributed by atoms with van der Waals surface area (Å²) in [4.78, 5) is 35.4. The van der Waals surface area contributed by atoms with E-state index in [1.165, 1.54) is 29.7 Å². The summed E-state index contributed by atoms with van der Waals surface area (Å²) in [6.07, 6.45) is 7.00. The number of methoxy groups -OCH3 is 1. The van der Waals surface area contributed by atoms with E-state index >= 15 is 0 Å². The zero-order valence-electron chi connectivity index (χ0n) is 39.5. The highest BCUT2D eigenvalue weighted by Crippen LogP contribution is 2.42. The lowest BCUT2D eigenvalue weighted by Gasteiger charge is -2.36. The van der Waals surface area contributed by atoms with Crippen molar-refractivity contribution < 1.29 is 19.3 Å². The van der Waals surface area contributed by atoms with Gasteiger partial charge in [0.1, 0.15) is 52.9 Å². The Morgan fingerprint density at radius 2 is 1.19 bits per heavy atom. The van der Waals surface area contributed by atoms with Gasteiger partial charge in [-0.2, -0.15) is 0 Å². The van der Waals surface area contributed by atoms with Crippen LogP contribution >= 0.6 is 22.7 Å². The maximum absolute atomic E-state index is 11.1. The number of hydrogen-bond donors (Lipinski definition) is 3. The monoisotopic (exact) mass is 996 g/mol. The average molecular weight is 997 g/mol. The summed E-state index contributed by atoms with van der Waals surface area (Å²) < 4.78 is 21.1. The van der Waals surface area contributed by atoms with Crippen molar-refractivity contribution in [3.05, 3.63) is 146 Å². The number of aryl methyl sites for hydroxylation is 1. The molecule has 18 heteroatoms. The van der Waals surface area contributed by atoms with E-state index in [-0.39, 0.29) is 0 Å². The van der Waals surface area contributed by atoms with Gasteiger partial charge in [0.05, 0.1) is 81.4 Å². The number of hydrogen-bond acceptors (Lipinski definition) is 16. The number of piperazine rings is 1. The topological polar surface area (TPSA) is 194 Å². The van der Waals surface area contributed by atoms with E-state index in [4.69, 9.17) is 35.6 Å². The number of nitrogens with zero attached hydrogens (tertiary/aromatic N) is 10. The molecule has 4 aromatic carbocycles. The van der Waals surface area contributed by atoms with E-state index in [2.05, 4.69) is 76.8 Å². The number of fused-ring (bicyclic) bond motifs is 3. The first-order chi connectivity index (χ1) is 35.4. The lowest BCUT2D eigenvalue weighted by atomic mass is 10.1. The van der Waals surface area contributed by atoms with E-state index in [1.807, 2.05) is 83.7 Å². The Hall–Kier alpha value is -7.90. The van der Waals surface area contributed by atoms with Crippen molar-refractivity contribution in [3.63, 3.8) is 0 Å². The lowest BCUT2D eigenvalue weighted by molar-refractivity contribution is 0.152. The molecule has 0 aliphatic carbocycles. The SMILES string of the molecule is COc1ccccc1N1CCN(CCCn2cnc(-c3ccccc3)c2-c2cc3c(N)ncnc3s2)CC1.Nc1ncnc2sc(-c3c(-c4ccccc4)ncn3CC(O)c3ccc4c(c3)OCCO4)cc12. The predicted molar refractivity (Wildman–Crippen MR) is 286 cm³/mol. The van der Waals surface area contributed by atoms with Crippen molar-refractivity contribution in [1.82, 2.24) is 43.9 Å². The number of benzene rings is 4. The van der Waals surface area contributed by atoms with Crippen molar-refractivity contribution in [2.24, 2.45) is 0 Å². The molecule has 0 radical (unpaired) electrons. The van der Waals surface area contributed by atoms with Crippen LogP contribution in [0.1, 0.15) is 18.1 Å². The molecule has 1 atom stereocenters. The van der Waals surface area contributed by atoms with Crippen LogP contribution in [0.2, 0.25) is 0 Å². The molecule has 0 bridgehead atoms. The highest BCUT2D eigenvalue weighted by Gasteiger charge is 2.24. The van der Waals surface area contributed by atoms with Gasteiger partial charge in [-0.15, -0.1) is 22.7 Å². The minimum Gasteiger partial charge on any atom is -0.495 e. The number of nitrogen functional groups attached to an aromatic ring is 2. The standard InChI is InChI=1S/C29H31N7OS.C25H21N5O3S/c1-37-24-11-6-5-10-23(24)35-16-14-34(15-17-35)12-7-13-36-20-33-26(21-8-3-2-4-9-21)27(36)25-18-22-28(30)31-19-32-29(22)38-25;26-24-17-11-21(34-25(17)28-13-27-24)23-22(15-4-2-1-3-5-15)29-14-30(23)12-18(31)16-6-7-19-20(10-16)33-9-8-32-19/h2-6,8-11,18-20H,7,12-17H2,1H3,(H2,30,31,32);1-7,10-11,13-14,18,31H,8-9,12H2,(H2,26,27,28). The number of anilines is 3. The van der Waals surface area contributed by atoms with Gasteiger partial charge in [0.15, 0.2) is 11.5 Å². The van der Waals surface area contributed by atoms with Crippen molar-refractivity contribution in [2.45, 2.75) is 25.6 Å². The number of para-hydroxylation sites is 2. The van der Waals surface area contributed by atoms with Crippen LogP contribution in [0.5, 0.6) is 17.2 Å². The normalized spacial score (nSPS) is 14.1. The smallest absolute Gasteiger partial charge is 0.161 e. The van der Waals surface area contributed by atoms with Crippen LogP contribution in [0.4, 0.5) is 17.3 Å². The van der Waals surface area contributed by atoms with Gasteiger partial charge in [-0.1, -0.05) is 78.9 Å². The first-order valence-electron chi connectivity index (χ1n) is 23.8. The Labute approximate surface area is 423 Å². The number of nitrogens with two attached hydrogens (primary N) is 2. The number of rotatable bonds is 13. The summed E-state index contributed by atoms with van der Waals surface area (Å²) in [7, 11) is 1.74. The van der Waals surface area contributed by atoms with Crippen molar-refractivity contribution >= 4 is 60.4 Å². The van der Waals surface area contributed by atoms with Gasteiger partial charge in [0.2, 0.25) is 0 Å². The predicted octanol–water partition coefficient (Wildman–Crippen LogP) is 9.33. The van der Waals surface area contributed by atoms with E-state index in [0.717, 1.165) is 121 Å². The van der Waals surface area contributed by atoms with Crippen molar-refractivity contribution in [3.8, 4) is 60.9 Å². The fraction of sp³-hybridized carbons (Fsp3) is 0.222. The molecule has 1 saturated heterocycles. The molecular formula is C54H52N12O4S2. The van der Waals surface area contributed by atoms with Crippen LogP contribution in [0.15, 0.2) is 141 Å². The Kier molecular flexibility index (Phi) is 13.4. The largest absolute Gasteiger partial charge is 0.495 e. The molecule has 1 fully saturated rings. The second kappa shape index (κ2) is 20.8. The minimum atomic E-state index is -0.772. The molecule has 1 unspecified atom stereocenters. The second-order valence-corrected chi connectivity index (χ2v) is 19.5. The molecule has 6 aromatic heterocycles. The number of aromatic nitrogens is 8. The maximum Gasteiger partial charge on any atom is 0.161 e. The van der Waals surface area contributed by atoms with Crippen LogP contribution in [0, 0.1) is 0 Å². The first-order valence-corrected chi connectivity index (χ1v) is 25.4. The molecule has 8 heterocycles. The highest BCUT2D eigenvalue weighted by molar-refractivity contribution is 7.22. The maximum atomic E-state index is 11.1. The summed E-state index contributed by atoms with van der Waals surface area (Å²) in [5, 5.41) is 12.8. The Balaban J connectivity index is 0.000000157. The van der Waals surface area contributed by atoms with Gasteiger partial charge in [0, 0.05) is 43.9 Å². The van der Waals surface area contributed by atoms with Crippen LogP contribution in [0.25, 0.3) is 64.1 Å². The van der Waals surface area contributed by atoms with Crippen LogP contribution < -0.4 is 30.6 Å². The average Bonchev–Trinajstić information content (AvgIpc) is 4.25. The molecule has 2 aliphatic heterocycles. The van der Waals surface area contributed by atoms with Crippen molar-refractivity contribution in [1.29, 1.82) is 0 Å². The summed E-state index contributed by atoms with van der Waals surface area (Å²) in [5.41, 5.74) is 20.1. The van der Waals surface area contributed by atoms with Gasteiger partial charge in [-0.25, -0.2) is 29.9 Å². The molecule has 72 heavy (non-hydrogen) atoms. The number of thiophene rings is 2. The van der Waals surface area contributed by atoms with Gasteiger partial charge in [-0.05, 0) is 54.9 Å². The summed E-state index contributed by atoms with van der Waals surface area (Å²) in [6, 6.07) is 38.3. The molecule has 364 valence electrons. The molecule has 2 aliphatic rings. The summed E-state index contributed by atoms with van der Waals surface area (Å²) in [5.74, 6) is 3.24. The third-order valence-electron chi connectivity index (χ3n) is 12.9. The second-order valence-electron chi connectivity index (χ2n) is 17.4. The molecular weight excluding hydrogens is 945 g/mol. The highest BCUT2D eigenvalue weighted by atomic mass is 32.1. The third-order valence-corrected chi connectivity index (χ3v) is 15.0. The van der Waals surface area contributed by atoms with E-state index in [0.29, 0.717) is 42.9 Å². The van der Waals surface area contributed by atoms with Gasteiger partial charge in [-0.3, -0.25) is 4.90 Å². The number of imidazole rings is 2. The minimum absolute atomic E-state index is 0.310. The summed E-state index contributed by atoms with van der Waals surface area (Å²) in [6.45, 7) is 7.34. The first kappa shape index (κ1) is 46.5. The Morgan fingerprint density at radius 3 is 1.81 bits per heavy atom. The van der Waals surface area contributed by atoms with Crippen LogP contribution in [0.3, 0.4) is 0 Å². The fourth-order valence-corrected chi connectivity index (χ4v) is 11.4. The quantitative estimate of drug-likeness (QED) is 0.0989. The Morgan fingerprint density at radius 1 is 0.625 bits per heavy atom. The van der Waals surface area contributed by atoms with Crippen molar-refractivity contribution in [2.75, 3.05) is 69.4 Å². The fourth-order valence-electron chi connectivity index (χ4n) is 9.31. The van der Waals surface area contributed by atoms with Gasteiger partial charge in [0.25, 0.3) is 0 Å². The third kappa shape index (κ3) is 9.64.